The van der Waals surface area contributed by atoms with E-state index in [1.54, 1.807) is 67.8 Å². The molecule has 6 rings (SSSR count). The molecule has 0 bridgehead atoms. The summed E-state index contributed by atoms with van der Waals surface area (Å²) in [5.41, 5.74) is 4.24. The van der Waals surface area contributed by atoms with E-state index in [1.807, 2.05) is 98.8 Å². The van der Waals surface area contributed by atoms with Gasteiger partial charge in [0.1, 0.15) is 34.3 Å². The maximum atomic E-state index is 13.4. The lowest BCUT2D eigenvalue weighted by Gasteiger charge is -2.27. The Morgan fingerprint density at radius 3 is 1.28 bits per heavy atom. The molecule has 0 amide bonds. The molecule has 0 unspecified atom stereocenters. The zero-order valence-electron chi connectivity index (χ0n) is 29.0. The topological polar surface area (TPSA) is 82.1 Å². The molecule has 0 aliphatic heterocycles. The lowest BCUT2D eigenvalue weighted by atomic mass is 9.98. The second-order valence-corrected chi connectivity index (χ2v) is 14.2. The minimum Gasteiger partial charge on any atom is -0.508 e. The van der Waals surface area contributed by atoms with Crippen molar-refractivity contribution >= 4 is 9.84 Å². The van der Waals surface area contributed by atoms with Crippen molar-refractivity contribution in [2.45, 2.75) is 49.5 Å². The molecular weight excluding hydrogens is 645 g/mol. The normalized spacial score (nSPS) is 11.2. The van der Waals surface area contributed by atoms with Crippen LogP contribution in [0.3, 0.4) is 0 Å². The van der Waals surface area contributed by atoms with E-state index in [0.29, 0.717) is 17.2 Å². The Balaban J connectivity index is 0.00000156. The Morgan fingerprint density at radius 1 is 0.520 bits per heavy atom. The SMILES string of the molecule is CCC.COc1ccc(-c2ccc(OC(C)(C)c3ccc(S(=O)(=O)c4ccc(Oc5ccc(-c6ccc(O)cc6)cc5)cc4)cc3)cc2)cc1. The van der Waals surface area contributed by atoms with Crippen LogP contribution in [0, 0.1) is 0 Å². The minimum absolute atomic E-state index is 0.174. The van der Waals surface area contributed by atoms with E-state index in [2.05, 4.69) is 13.8 Å². The zero-order chi connectivity index (χ0) is 35.7. The van der Waals surface area contributed by atoms with Gasteiger partial charge < -0.3 is 19.3 Å². The van der Waals surface area contributed by atoms with Gasteiger partial charge in [-0.25, -0.2) is 8.42 Å². The van der Waals surface area contributed by atoms with E-state index in [-0.39, 0.29) is 15.5 Å². The first-order valence-electron chi connectivity index (χ1n) is 16.5. The summed E-state index contributed by atoms with van der Waals surface area (Å²) < 4.78 is 44.4. The second kappa shape index (κ2) is 15.8. The van der Waals surface area contributed by atoms with E-state index >= 15 is 0 Å². The molecule has 0 heterocycles. The fourth-order valence-electron chi connectivity index (χ4n) is 5.22. The van der Waals surface area contributed by atoms with Gasteiger partial charge in [-0.15, -0.1) is 0 Å². The fraction of sp³-hybridized carbons (Fsp3) is 0.163. The summed E-state index contributed by atoms with van der Waals surface area (Å²) in [6, 6.07) is 43.5. The number of hydrogen-bond acceptors (Lipinski definition) is 6. The molecule has 0 fully saturated rings. The van der Waals surface area contributed by atoms with Crippen molar-refractivity contribution in [2.24, 2.45) is 0 Å². The minimum atomic E-state index is -3.75. The van der Waals surface area contributed by atoms with Gasteiger partial charge in [0.15, 0.2) is 0 Å². The maximum Gasteiger partial charge on any atom is 0.206 e. The highest BCUT2D eigenvalue weighted by molar-refractivity contribution is 7.91. The maximum absolute atomic E-state index is 13.4. The Bertz CT molecular complexity index is 2070. The van der Waals surface area contributed by atoms with E-state index in [1.165, 1.54) is 6.42 Å². The summed E-state index contributed by atoms with van der Waals surface area (Å²) in [6.07, 6.45) is 1.25. The van der Waals surface area contributed by atoms with Gasteiger partial charge in [0.05, 0.1) is 16.9 Å². The average Bonchev–Trinajstić information content (AvgIpc) is 3.13. The molecule has 7 heteroatoms. The standard InChI is InChI=1S/C40H34O6S.C3H8/c1-40(2,46-37-20-10-31(11-21-37)29-6-16-34(44-3)17-7-29)32-12-24-38(25-13-32)47(42,43)39-26-22-36(23-27-39)45-35-18-8-30(9-19-35)28-4-14-33(41)15-5-28;1-3-2/h4-27,41H,1-3H3;3H2,1-2H3. The van der Waals surface area contributed by atoms with Crippen LogP contribution in [0.2, 0.25) is 0 Å². The molecule has 6 nitrogen and oxygen atoms in total. The highest BCUT2D eigenvalue weighted by Gasteiger charge is 2.25. The Labute approximate surface area is 295 Å². The van der Waals surface area contributed by atoms with Crippen molar-refractivity contribution in [1.29, 1.82) is 0 Å². The van der Waals surface area contributed by atoms with Gasteiger partial charge in [0.2, 0.25) is 9.84 Å². The molecule has 0 atom stereocenters. The quantitative estimate of drug-likeness (QED) is 0.154. The van der Waals surface area contributed by atoms with Gasteiger partial charge in [-0.3, -0.25) is 0 Å². The number of phenolic OH excluding ortho intramolecular Hbond substituents is 1. The molecule has 0 aliphatic carbocycles. The molecule has 0 radical (unpaired) electrons. The van der Waals surface area contributed by atoms with Crippen LogP contribution < -0.4 is 14.2 Å². The Morgan fingerprint density at radius 2 is 0.860 bits per heavy atom. The molecule has 6 aromatic rings. The Kier molecular flexibility index (Phi) is 11.3. The Hall–Kier alpha value is -5.53. The van der Waals surface area contributed by atoms with Crippen LogP contribution in [-0.2, 0) is 15.4 Å². The number of phenols is 1. The molecule has 1 N–H and O–H groups in total. The largest absolute Gasteiger partial charge is 0.508 e. The number of aromatic hydroxyl groups is 1. The summed E-state index contributed by atoms with van der Waals surface area (Å²) in [5, 5.41) is 9.51. The lowest BCUT2D eigenvalue weighted by molar-refractivity contribution is 0.109. The third-order valence-corrected chi connectivity index (χ3v) is 9.72. The number of benzene rings is 6. The van der Waals surface area contributed by atoms with Gasteiger partial charge in [0.25, 0.3) is 0 Å². The number of sulfone groups is 1. The van der Waals surface area contributed by atoms with Crippen LogP contribution in [0.25, 0.3) is 22.3 Å². The van der Waals surface area contributed by atoms with Crippen LogP contribution in [0.5, 0.6) is 28.7 Å². The van der Waals surface area contributed by atoms with E-state index in [4.69, 9.17) is 14.2 Å². The van der Waals surface area contributed by atoms with Gasteiger partial charge >= 0.3 is 0 Å². The number of methoxy groups -OCH3 is 1. The van der Waals surface area contributed by atoms with E-state index in [0.717, 1.165) is 33.6 Å². The van der Waals surface area contributed by atoms with Gasteiger partial charge in [-0.2, -0.15) is 0 Å². The second-order valence-electron chi connectivity index (χ2n) is 12.2. The smallest absolute Gasteiger partial charge is 0.206 e. The molecular formula is C43H42O6S. The van der Waals surface area contributed by atoms with Crippen molar-refractivity contribution in [2.75, 3.05) is 7.11 Å². The molecule has 0 saturated carbocycles. The molecule has 50 heavy (non-hydrogen) atoms. The van der Waals surface area contributed by atoms with Crippen molar-refractivity contribution in [3.63, 3.8) is 0 Å². The number of hydrogen-bond donors (Lipinski definition) is 1. The highest BCUT2D eigenvalue weighted by atomic mass is 32.2. The molecule has 256 valence electrons. The van der Waals surface area contributed by atoms with Crippen LogP contribution >= 0.6 is 0 Å². The van der Waals surface area contributed by atoms with Gasteiger partial charge in [0, 0.05) is 0 Å². The third-order valence-electron chi connectivity index (χ3n) is 7.94. The van der Waals surface area contributed by atoms with Crippen LogP contribution in [0.1, 0.15) is 39.7 Å². The van der Waals surface area contributed by atoms with Crippen LogP contribution in [0.4, 0.5) is 0 Å². The molecule has 6 aromatic carbocycles. The van der Waals surface area contributed by atoms with Crippen LogP contribution in [-0.4, -0.2) is 20.6 Å². The van der Waals surface area contributed by atoms with Crippen molar-refractivity contribution in [3.8, 4) is 51.0 Å². The van der Waals surface area contributed by atoms with Crippen LogP contribution in [0.15, 0.2) is 155 Å². The molecule has 0 aromatic heterocycles. The number of ether oxygens (including phenoxy) is 3. The third kappa shape index (κ3) is 8.73. The fourth-order valence-corrected chi connectivity index (χ4v) is 6.48. The van der Waals surface area contributed by atoms with Crippen molar-refractivity contribution in [3.05, 3.63) is 151 Å². The van der Waals surface area contributed by atoms with Crippen molar-refractivity contribution < 1.29 is 27.7 Å². The number of rotatable bonds is 10. The van der Waals surface area contributed by atoms with E-state index < -0.39 is 15.4 Å². The van der Waals surface area contributed by atoms with Gasteiger partial charge in [-0.05, 0) is 127 Å². The lowest BCUT2D eigenvalue weighted by Crippen LogP contribution is -2.25. The average molecular weight is 687 g/mol. The summed E-state index contributed by atoms with van der Waals surface area (Å²) in [7, 11) is -2.10. The summed E-state index contributed by atoms with van der Waals surface area (Å²) in [4.78, 5) is 0.368. The zero-order valence-corrected chi connectivity index (χ0v) is 29.8. The molecule has 0 spiro atoms. The molecule has 0 saturated heterocycles. The highest BCUT2D eigenvalue weighted by Crippen LogP contribution is 2.33. The van der Waals surface area contributed by atoms with E-state index in [9.17, 15) is 13.5 Å². The predicted octanol–water partition coefficient (Wildman–Crippen LogP) is 11.1. The van der Waals surface area contributed by atoms with Crippen molar-refractivity contribution in [1.82, 2.24) is 0 Å². The predicted molar refractivity (Wildman–Crippen MR) is 200 cm³/mol. The first-order valence-corrected chi connectivity index (χ1v) is 18.0. The first kappa shape index (κ1) is 35.8. The summed E-state index contributed by atoms with van der Waals surface area (Å²) in [5.74, 6) is 2.88. The first-order chi connectivity index (χ1) is 24.0. The van der Waals surface area contributed by atoms with Gasteiger partial charge in [-0.1, -0.05) is 80.9 Å². The molecule has 0 aliphatic rings. The summed E-state index contributed by atoms with van der Waals surface area (Å²) >= 11 is 0. The summed E-state index contributed by atoms with van der Waals surface area (Å²) in [6.45, 7) is 8.15. The monoisotopic (exact) mass is 686 g/mol.